The number of rotatable bonds is 2. The highest BCUT2D eigenvalue weighted by Crippen LogP contribution is 2.33. The van der Waals surface area contributed by atoms with Crippen LogP contribution in [-0.2, 0) is 6.54 Å². The minimum Gasteiger partial charge on any atom is -0.306 e. The molecule has 2 aliphatic heterocycles. The van der Waals surface area contributed by atoms with E-state index >= 15 is 0 Å². The molecule has 21 heavy (non-hydrogen) atoms. The number of halogens is 1. The number of amides is 1. The molecular formula is C15H12ClN3OS. The molecule has 1 aromatic heterocycles. The third kappa shape index (κ3) is 2.04. The lowest BCUT2D eigenvalue weighted by molar-refractivity contribution is 0.0851. The molecule has 0 saturated heterocycles. The molecule has 0 fully saturated rings. The van der Waals surface area contributed by atoms with Gasteiger partial charge in [-0.3, -0.25) is 14.7 Å². The molecule has 0 spiro atoms. The predicted molar refractivity (Wildman–Crippen MR) is 85.3 cm³/mol. The summed E-state index contributed by atoms with van der Waals surface area (Å²) in [6.45, 7) is 2.01. The molecule has 6 heteroatoms. The zero-order chi connectivity index (χ0) is 14.4. The summed E-state index contributed by atoms with van der Waals surface area (Å²) in [5, 5.41) is 2.64. The number of carbonyl (C=O) groups excluding carboxylic acids is 1. The Bertz CT molecular complexity index is 741. The first-order valence-corrected chi connectivity index (χ1v) is 7.95. The number of nitrogens with zero attached hydrogens (tertiary/aromatic N) is 3. The quantitative estimate of drug-likeness (QED) is 0.852. The van der Waals surface area contributed by atoms with Crippen molar-refractivity contribution in [1.29, 1.82) is 0 Å². The van der Waals surface area contributed by atoms with Crippen molar-refractivity contribution in [3.05, 3.63) is 51.2 Å². The van der Waals surface area contributed by atoms with Crippen LogP contribution in [-0.4, -0.2) is 29.9 Å². The highest BCUT2D eigenvalue weighted by atomic mass is 35.5. The number of fused-ring (bicyclic) bond motifs is 2. The molecule has 4 rings (SSSR count). The normalized spacial score (nSPS) is 16.8. The summed E-state index contributed by atoms with van der Waals surface area (Å²) >= 11 is 7.76. The number of hydrogen-bond acceptors (Lipinski definition) is 4. The molecule has 1 amide bonds. The van der Waals surface area contributed by atoms with E-state index in [9.17, 15) is 4.79 Å². The second kappa shape index (κ2) is 4.86. The summed E-state index contributed by atoms with van der Waals surface area (Å²) in [4.78, 5) is 22.2. The van der Waals surface area contributed by atoms with Gasteiger partial charge in [-0.1, -0.05) is 17.7 Å². The predicted octanol–water partition coefficient (Wildman–Crippen LogP) is 3.23. The van der Waals surface area contributed by atoms with Crippen LogP contribution >= 0.6 is 22.9 Å². The van der Waals surface area contributed by atoms with E-state index in [1.807, 2.05) is 18.2 Å². The maximum Gasteiger partial charge on any atom is 0.262 e. The van der Waals surface area contributed by atoms with Crippen molar-refractivity contribution >= 4 is 40.5 Å². The molecular weight excluding hydrogens is 306 g/mol. The Hall–Kier alpha value is -1.85. The average Bonchev–Trinajstić information content (AvgIpc) is 3.14. The second-order valence-electron chi connectivity index (χ2n) is 4.97. The molecule has 0 atom stereocenters. The van der Waals surface area contributed by atoms with Crippen molar-refractivity contribution in [2.45, 2.75) is 6.54 Å². The molecule has 1 aromatic carbocycles. The van der Waals surface area contributed by atoms with Gasteiger partial charge < -0.3 is 4.90 Å². The number of benzene rings is 1. The van der Waals surface area contributed by atoms with E-state index in [2.05, 4.69) is 21.3 Å². The third-order valence-corrected chi connectivity index (χ3v) is 4.77. The lowest BCUT2D eigenvalue weighted by atomic mass is 10.1. The van der Waals surface area contributed by atoms with Crippen molar-refractivity contribution in [2.24, 2.45) is 4.99 Å². The first-order valence-electron chi connectivity index (χ1n) is 6.70. The van der Waals surface area contributed by atoms with Crippen molar-refractivity contribution in [1.82, 2.24) is 4.90 Å². The maximum atomic E-state index is 12.6. The Kier molecular flexibility index (Phi) is 2.97. The number of guanidine groups is 1. The Morgan fingerprint density at radius 3 is 3.05 bits per heavy atom. The summed E-state index contributed by atoms with van der Waals surface area (Å²) in [7, 11) is 0. The van der Waals surface area contributed by atoms with E-state index in [1.165, 1.54) is 4.88 Å². The van der Waals surface area contributed by atoms with Crippen LogP contribution in [0.2, 0.25) is 5.02 Å². The minimum atomic E-state index is -0.00817. The lowest BCUT2D eigenvalue weighted by Crippen LogP contribution is -2.49. The number of hydrogen-bond donors (Lipinski definition) is 0. The molecule has 0 saturated carbocycles. The SMILES string of the molecule is O=C1c2cc(Cl)ccc2N(Cc2cccs2)C2=NCCN12. The van der Waals surface area contributed by atoms with Gasteiger partial charge in [0, 0.05) is 16.4 Å². The fourth-order valence-electron chi connectivity index (χ4n) is 2.74. The van der Waals surface area contributed by atoms with Crippen molar-refractivity contribution in [3.63, 3.8) is 0 Å². The largest absolute Gasteiger partial charge is 0.306 e. The molecule has 0 N–H and O–H groups in total. The van der Waals surface area contributed by atoms with E-state index < -0.39 is 0 Å². The van der Waals surface area contributed by atoms with Gasteiger partial charge in [-0.25, -0.2) is 0 Å². The van der Waals surface area contributed by atoms with Gasteiger partial charge in [0.1, 0.15) is 0 Å². The maximum absolute atomic E-state index is 12.6. The zero-order valence-electron chi connectivity index (χ0n) is 11.1. The second-order valence-corrected chi connectivity index (χ2v) is 6.43. The van der Waals surface area contributed by atoms with Gasteiger partial charge in [0.25, 0.3) is 5.91 Å². The first-order chi connectivity index (χ1) is 10.2. The van der Waals surface area contributed by atoms with E-state index in [-0.39, 0.29) is 5.91 Å². The summed E-state index contributed by atoms with van der Waals surface area (Å²) in [6.07, 6.45) is 0. The summed E-state index contributed by atoms with van der Waals surface area (Å²) < 4.78 is 0. The van der Waals surface area contributed by atoms with E-state index in [4.69, 9.17) is 11.6 Å². The van der Waals surface area contributed by atoms with Crippen LogP contribution < -0.4 is 4.90 Å². The van der Waals surface area contributed by atoms with Crippen molar-refractivity contribution in [2.75, 3.05) is 18.0 Å². The number of aliphatic imine (C=N–C) groups is 1. The fourth-order valence-corrected chi connectivity index (χ4v) is 3.61. The average molecular weight is 318 g/mol. The molecule has 0 bridgehead atoms. The zero-order valence-corrected chi connectivity index (χ0v) is 12.7. The van der Waals surface area contributed by atoms with Crippen LogP contribution in [0.25, 0.3) is 0 Å². The van der Waals surface area contributed by atoms with Gasteiger partial charge in [-0.2, -0.15) is 0 Å². The van der Waals surface area contributed by atoms with Crippen LogP contribution in [0.15, 0.2) is 40.7 Å². The van der Waals surface area contributed by atoms with Crippen molar-refractivity contribution in [3.8, 4) is 0 Å². The minimum absolute atomic E-state index is 0.00817. The lowest BCUT2D eigenvalue weighted by Gasteiger charge is -2.35. The first kappa shape index (κ1) is 12.9. The smallest absolute Gasteiger partial charge is 0.262 e. The molecule has 0 radical (unpaired) electrons. The molecule has 106 valence electrons. The summed E-state index contributed by atoms with van der Waals surface area (Å²) in [5.74, 6) is 0.745. The van der Waals surface area contributed by atoms with Gasteiger partial charge in [0.05, 0.1) is 24.3 Å². The van der Waals surface area contributed by atoms with Crippen LogP contribution in [0.5, 0.6) is 0 Å². The Morgan fingerprint density at radius 1 is 1.33 bits per heavy atom. The highest BCUT2D eigenvalue weighted by molar-refractivity contribution is 7.09. The van der Waals surface area contributed by atoms with Gasteiger partial charge in [0.15, 0.2) is 0 Å². The Labute approximate surface area is 131 Å². The van der Waals surface area contributed by atoms with E-state index in [0.29, 0.717) is 23.7 Å². The van der Waals surface area contributed by atoms with Crippen LogP contribution in [0, 0.1) is 0 Å². The monoisotopic (exact) mass is 317 g/mol. The van der Waals surface area contributed by atoms with Crippen LogP contribution in [0.3, 0.4) is 0 Å². The van der Waals surface area contributed by atoms with Crippen LogP contribution in [0.1, 0.15) is 15.2 Å². The Morgan fingerprint density at radius 2 is 2.24 bits per heavy atom. The third-order valence-electron chi connectivity index (χ3n) is 3.68. The molecule has 0 unspecified atom stereocenters. The number of anilines is 1. The van der Waals surface area contributed by atoms with E-state index in [1.54, 1.807) is 22.3 Å². The number of thiophene rings is 1. The van der Waals surface area contributed by atoms with Gasteiger partial charge in [-0.05, 0) is 29.6 Å². The van der Waals surface area contributed by atoms with Gasteiger partial charge >= 0.3 is 0 Å². The Balaban J connectivity index is 1.83. The van der Waals surface area contributed by atoms with E-state index in [0.717, 1.165) is 18.2 Å². The fraction of sp³-hybridized carbons (Fsp3) is 0.200. The van der Waals surface area contributed by atoms with Gasteiger partial charge in [-0.15, -0.1) is 11.3 Å². The summed E-state index contributed by atoms with van der Waals surface area (Å²) in [5.41, 5.74) is 1.54. The van der Waals surface area contributed by atoms with Crippen LogP contribution in [0.4, 0.5) is 5.69 Å². The standard InChI is InChI=1S/C15H12ClN3OS/c16-10-3-4-13-12(8-10)14(20)18-6-5-17-15(18)19(13)9-11-2-1-7-21-11/h1-4,7-8H,5-6,9H2. The molecule has 3 heterocycles. The highest BCUT2D eigenvalue weighted by Gasteiger charge is 2.37. The molecule has 2 aliphatic rings. The molecule has 2 aromatic rings. The molecule has 4 nitrogen and oxygen atoms in total. The number of carbonyl (C=O) groups is 1. The van der Waals surface area contributed by atoms with Gasteiger partial charge in [0.2, 0.25) is 5.96 Å². The van der Waals surface area contributed by atoms with Crippen molar-refractivity contribution < 1.29 is 4.79 Å². The summed E-state index contributed by atoms with van der Waals surface area (Å²) in [6, 6.07) is 9.60. The topological polar surface area (TPSA) is 35.9 Å². The molecule has 0 aliphatic carbocycles.